The van der Waals surface area contributed by atoms with Gasteiger partial charge in [0.1, 0.15) is 5.92 Å². The molecule has 166 valence electrons. The summed E-state index contributed by atoms with van der Waals surface area (Å²) in [7, 11) is -1.56. The van der Waals surface area contributed by atoms with E-state index >= 15 is 0 Å². The van der Waals surface area contributed by atoms with Crippen molar-refractivity contribution < 1.29 is 22.4 Å². The van der Waals surface area contributed by atoms with Crippen molar-refractivity contribution in [1.82, 2.24) is 0 Å². The molecule has 0 heterocycles. The summed E-state index contributed by atoms with van der Waals surface area (Å²) < 4.78 is 47.0. The van der Waals surface area contributed by atoms with Crippen LogP contribution in [0.1, 0.15) is 65.2 Å². The topological polar surface area (TPSA) is 26.3 Å². The van der Waals surface area contributed by atoms with Gasteiger partial charge in [-0.25, -0.2) is 0 Å². The van der Waals surface area contributed by atoms with Crippen molar-refractivity contribution in [3.05, 3.63) is 0 Å². The summed E-state index contributed by atoms with van der Waals surface area (Å²) in [5, 5.41) is 0. The molecule has 0 saturated heterocycles. The highest BCUT2D eigenvalue weighted by atomic mass is 28.4. The average molecular weight is 431 g/mol. The van der Waals surface area contributed by atoms with Crippen LogP contribution in [-0.2, 0) is 9.22 Å². The molecular formula is C23H37F3O2Si. The van der Waals surface area contributed by atoms with Gasteiger partial charge in [-0.05, 0) is 100 Å². The van der Waals surface area contributed by atoms with E-state index < -0.39 is 31.6 Å². The molecule has 2 unspecified atom stereocenters. The maximum absolute atomic E-state index is 13.5. The molecule has 6 heteroatoms. The third-order valence-corrected chi connectivity index (χ3v) is 10.3. The summed E-state index contributed by atoms with van der Waals surface area (Å²) in [6, 6.07) is 0. The van der Waals surface area contributed by atoms with Crippen LogP contribution in [0.4, 0.5) is 13.2 Å². The predicted molar refractivity (Wildman–Crippen MR) is 110 cm³/mol. The van der Waals surface area contributed by atoms with Crippen molar-refractivity contribution in [2.45, 2.75) is 97.1 Å². The van der Waals surface area contributed by atoms with Crippen LogP contribution in [0.25, 0.3) is 0 Å². The van der Waals surface area contributed by atoms with Gasteiger partial charge in [-0.15, -0.1) is 0 Å². The van der Waals surface area contributed by atoms with Crippen LogP contribution in [-0.4, -0.2) is 26.4 Å². The van der Waals surface area contributed by atoms with Crippen LogP contribution in [0.2, 0.25) is 19.6 Å². The van der Waals surface area contributed by atoms with Crippen LogP contribution in [0.5, 0.6) is 0 Å². The molecule has 0 aromatic heterocycles. The molecule has 0 bridgehead atoms. The number of ketones is 1. The number of hydrogen-bond acceptors (Lipinski definition) is 2. The summed E-state index contributed by atoms with van der Waals surface area (Å²) in [5.74, 6) is -0.990. The molecule has 29 heavy (non-hydrogen) atoms. The summed E-state index contributed by atoms with van der Waals surface area (Å²) in [5.41, 5.74) is -0.564. The highest BCUT2D eigenvalue weighted by Gasteiger charge is 2.66. The van der Waals surface area contributed by atoms with Crippen molar-refractivity contribution in [2.75, 3.05) is 0 Å². The molecule has 0 aromatic rings. The first-order valence-corrected chi connectivity index (χ1v) is 15.0. The van der Waals surface area contributed by atoms with Crippen molar-refractivity contribution in [2.24, 2.45) is 40.4 Å². The highest BCUT2D eigenvalue weighted by molar-refractivity contribution is 6.69. The summed E-state index contributed by atoms with van der Waals surface area (Å²) in [6.45, 7) is 11.0. The monoisotopic (exact) mass is 430 g/mol. The van der Waals surface area contributed by atoms with Gasteiger partial charge in [0.15, 0.2) is 14.1 Å². The van der Waals surface area contributed by atoms with Crippen LogP contribution in [0.15, 0.2) is 0 Å². The number of carbonyl (C=O) groups is 1. The quantitative estimate of drug-likeness (QED) is 0.461. The van der Waals surface area contributed by atoms with E-state index in [9.17, 15) is 18.0 Å². The van der Waals surface area contributed by atoms with Crippen LogP contribution >= 0.6 is 0 Å². The lowest BCUT2D eigenvalue weighted by atomic mass is 9.45. The van der Waals surface area contributed by atoms with E-state index in [-0.39, 0.29) is 23.7 Å². The molecule has 0 spiro atoms. The SMILES string of the molecule is C[C@]12CC[C@@H](O[Si](C)(C)C)CC1CC[C@@H]1[C@@H]2CC[C@]2(C)C(=O)C(C(F)(F)F)C[C@@H]12. The number of rotatable bonds is 2. The largest absolute Gasteiger partial charge is 0.415 e. The third-order valence-electron chi connectivity index (χ3n) is 9.29. The summed E-state index contributed by atoms with van der Waals surface area (Å²) in [4.78, 5) is 12.8. The standard InChI is InChI=1S/C23H37F3O2Si/c1-21-10-8-15(28-29(3,4)5)12-14(21)6-7-16-17(21)9-11-22(2)18(16)13-19(20(22)27)23(24,25)26/h14-19H,6-13H2,1-5H3/t14?,15-,16-,17+,18+,19?,21+,22+/m1/s1. The van der Waals surface area contributed by atoms with Gasteiger partial charge in [-0.3, -0.25) is 4.79 Å². The predicted octanol–water partition coefficient (Wildman–Crippen LogP) is 6.61. The fourth-order valence-electron chi connectivity index (χ4n) is 7.93. The smallest absolute Gasteiger partial charge is 0.398 e. The molecule has 0 amide bonds. The molecule has 0 aliphatic heterocycles. The molecule has 0 aromatic carbocycles. The van der Waals surface area contributed by atoms with Crippen molar-refractivity contribution >= 4 is 14.1 Å². The molecule has 4 aliphatic rings. The zero-order valence-corrected chi connectivity index (χ0v) is 19.6. The van der Waals surface area contributed by atoms with Gasteiger partial charge >= 0.3 is 6.18 Å². The first kappa shape index (κ1) is 21.9. The lowest BCUT2D eigenvalue weighted by Crippen LogP contribution is -2.54. The van der Waals surface area contributed by atoms with Gasteiger partial charge in [-0.1, -0.05) is 13.8 Å². The van der Waals surface area contributed by atoms with Gasteiger partial charge in [0.25, 0.3) is 0 Å². The minimum atomic E-state index is -4.39. The molecule has 8 atom stereocenters. The van der Waals surface area contributed by atoms with E-state index in [2.05, 4.69) is 26.6 Å². The molecule has 4 aliphatic carbocycles. The van der Waals surface area contributed by atoms with Crippen molar-refractivity contribution in [3.8, 4) is 0 Å². The van der Waals surface area contributed by atoms with E-state index in [1.807, 2.05) is 6.92 Å². The second-order valence-electron chi connectivity index (χ2n) is 11.9. The fourth-order valence-corrected chi connectivity index (χ4v) is 9.14. The minimum Gasteiger partial charge on any atom is -0.415 e. The number of Topliss-reactive ketones (excluding diaryl/α,β-unsaturated/α-hetero) is 1. The normalized spacial score (nSPS) is 48.1. The molecule has 0 radical (unpaired) electrons. The Labute approximate surface area is 174 Å². The highest BCUT2D eigenvalue weighted by Crippen LogP contribution is 2.67. The Balaban J connectivity index is 1.54. The second-order valence-corrected chi connectivity index (χ2v) is 16.4. The molecule has 4 saturated carbocycles. The zero-order chi connectivity index (χ0) is 21.4. The Morgan fingerprint density at radius 3 is 2.28 bits per heavy atom. The fraction of sp³-hybridized carbons (Fsp3) is 0.957. The Kier molecular flexibility index (Phi) is 5.14. The summed E-state index contributed by atoms with van der Waals surface area (Å²) >= 11 is 0. The van der Waals surface area contributed by atoms with Crippen LogP contribution in [0, 0.1) is 40.4 Å². The molecular weight excluding hydrogens is 393 g/mol. The maximum atomic E-state index is 13.5. The number of fused-ring (bicyclic) bond motifs is 5. The van der Waals surface area contributed by atoms with E-state index in [1.54, 1.807) is 0 Å². The maximum Gasteiger partial charge on any atom is 0.398 e. The first-order valence-electron chi connectivity index (χ1n) is 11.5. The Hall–Kier alpha value is -0.363. The lowest BCUT2D eigenvalue weighted by molar-refractivity contribution is -0.180. The Morgan fingerprint density at radius 2 is 1.66 bits per heavy atom. The Morgan fingerprint density at radius 1 is 0.966 bits per heavy atom. The molecule has 4 rings (SSSR count). The number of carbonyl (C=O) groups excluding carboxylic acids is 1. The van der Waals surface area contributed by atoms with Crippen LogP contribution < -0.4 is 0 Å². The van der Waals surface area contributed by atoms with Gasteiger partial charge < -0.3 is 4.43 Å². The van der Waals surface area contributed by atoms with E-state index in [0.717, 1.165) is 38.5 Å². The van der Waals surface area contributed by atoms with E-state index in [4.69, 9.17) is 4.43 Å². The van der Waals surface area contributed by atoms with Crippen molar-refractivity contribution in [1.29, 1.82) is 0 Å². The van der Waals surface area contributed by atoms with Crippen LogP contribution in [0.3, 0.4) is 0 Å². The average Bonchev–Trinajstić information content (AvgIpc) is 2.86. The van der Waals surface area contributed by atoms with Gasteiger partial charge in [0.05, 0.1) is 0 Å². The number of hydrogen-bond donors (Lipinski definition) is 0. The molecule has 2 nitrogen and oxygen atoms in total. The number of alkyl halides is 3. The lowest BCUT2D eigenvalue weighted by Gasteiger charge is -2.60. The molecule has 4 fully saturated rings. The van der Waals surface area contributed by atoms with Gasteiger partial charge in [-0.2, -0.15) is 13.2 Å². The zero-order valence-electron chi connectivity index (χ0n) is 18.6. The second kappa shape index (κ2) is 6.82. The third kappa shape index (κ3) is 3.54. The van der Waals surface area contributed by atoms with Crippen molar-refractivity contribution in [3.63, 3.8) is 0 Å². The Bertz CT molecular complexity index is 672. The minimum absolute atomic E-state index is 0.0299. The van der Waals surface area contributed by atoms with Gasteiger partial charge in [0, 0.05) is 11.5 Å². The molecule has 0 N–H and O–H groups in total. The van der Waals surface area contributed by atoms with E-state index in [0.29, 0.717) is 24.4 Å². The first-order chi connectivity index (χ1) is 13.3. The van der Waals surface area contributed by atoms with E-state index in [1.165, 1.54) is 0 Å². The van der Waals surface area contributed by atoms with Gasteiger partial charge in [0.2, 0.25) is 0 Å². The number of halogens is 3. The summed E-state index contributed by atoms with van der Waals surface area (Å²) in [6.07, 6.45) is 2.93.